The fourth-order valence-electron chi connectivity index (χ4n) is 16.6. The topological polar surface area (TPSA) is 673 Å². The Morgan fingerprint density at radius 3 is 1.66 bits per heavy atom. The van der Waals surface area contributed by atoms with Gasteiger partial charge in [0, 0.05) is 53.7 Å². The predicted octanol–water partition coefficient (Wildman–Crippen LogP) is 2.62. The number of ether oxygens (including phenoxy) is 15. The molecule has 802 valence electrons. The van der Waals surface area contributed by atoms with Crippen molar-refractivity contribution >= 4 is 100.0 Å². The number of thioether (sulfide) groups is 2. The molecular formula is C97H111Cl2N11O37S2. The first-order chi connectivity index (χ1) is 71.9. The van der Waals surface area contributed by atoms with Gasteiger partial charge in [0.25, 0.3) is 11.8 Å². The number of nitrogens with one attached hydrogen (secondary N) is 7. The number of hydrogen-bond acceptors (Lipinski definition) is 41. The molecule has 8 aromatic rings. The second-order valence-corrected chi connectivity index (χ2v) is 37.1. The Hall–Kier alpha value is -12.4. The molecule has 7 aromatic carbocycles. The van der Waals surface area contributed by atoms with E-state index in [1.165, 1.54) is 78.3 Å². The number of benzene rings is 7. The molecule has 149 heavy (non-hydrogen) atoms. The van der Waals surface area contributed by atoms with E-state index in [2.05, 4.69) is 47.5 Å². The number of aliphatic carboxylic acids is 1. The van der Waals surface area contributed by atoms with Crippen LogP contribution in [0.25, 0.3) is 11.1 Å². The van der Waals surface area contributed by atoms with E-state index in [1.807, 2.05) is 0 Å². The second-order valence-electron chi connectivity index (χ2n) is 34.0. The fourth-order valence-corrected chi connectivity index (χ4v) is 19.1. The van der Waals surface area contributed by atoms with Crippen LogP contribution in [-0.2, 0) is 113 Å². The number of aromatic nitrogens is 3. The summed E-state index contributed by atoms with van der Waals surface area (Å²) in [7, 11) is 0. The number of aliphatic hydroxyl groups is 6. The largest absolute Gasteiger partial charge is 0.508 e. The molecule has 0 spiro atoms. The monoisotopic (exact) mass is 2160 g/mol. The number of carboxylic acids is 1. The number of aliphatic hydroxyl groups excluding tert-OH is 6. The zero-order valence-corrected chi connectivity index (χ0v) is 82.8. The van der Waals surface area contributed by atoms with Gasteiger partial charge >= 0.3 is 5.97 Å². The van der Waals surface area contributed by atoms with Gasteiger partial charge in [-0.05, 0) is 112 Å². The number of carbonyl (C=O) groups excluding carboxylic acids is 8. The Labute approximate surface area is 867 Å². The van der Waals surface area contributed by atoms with Crippen LogP contribution < -0.4 is 51.4 Å². The summed E-state index contributed by atoms with van der Waals surface area (Å²) < 4.78 is 88.7. The number of rotatable bonds is 44. The van der Waals surface area contributed by atoms with Crippen LogP contribution in [0.1, 0.15) is 87.9 Å². The number of fused-ring (bicyclic) bond motifs is 14. The Kier molecular flexibility index (Phi) is 40.5. The lowest BCUT2D eigenvalue weighted by Gasteiger charge is -2.44. The fraction of sp³-hybridized carbons (Fsp3) is 0.433. The van der Waals surface area contributed by atoms with E-state index < -0.39 is 219 Å². The maximum Gasteiger partial charge on any atom is 0.330 e. The zero-order chi connectivity index (χ0) is 106. The molecule has 14 atom stereocenters. The van der Waals surface area contributed by atoms with Crippen molar-refractivity contribution in [1.82, 2.24) is 57.1 Å². The van der Waals surface area contributed by atoms with Crippen molar-refractivity contribution in [2.24, 2.45) is 0 Å². The van der Waals surface area contributed by atoms with Crippen molar-refractivity contribution in [1.29, 1.82) is 0 Å². The molecule has 17 bridgehead atoms. The number of phenolic OH excluding ortho intramolecular Hbond substituents is 6. The summed E-state index contributed by atoms with van der Waals surface area (Å²) >= 11 is 16.8. The molecule has 48 nitrogen and oxygen atoms in total. The number of carbonyl (C=O) groups is 9. The summed E-state index contributed by atoms with van der Waals surface area (Å²) in [5.41, 5.74) is -2.48. The van der Waals surface area contributed by atoms with E-state index in [0.717, 1.165) is 83.2 Å². The van der Waals surface area contributed by atoms with Crippen molar-refractivity contribution in [2.75, 3.05) is 163 Å². The van der Waals surface area contributed by atoms with Gasteiger partial charge in [0.1, 0.15) is 107 Å². The Morgan fingerprint density at radius 2 is 1.06 bits per heavy atom. The first-order valence-electron chi connectivity index (χ1n) is 46.9. The molecule has 16 rings (SSSR count). The molecule has 8 amide bonds. The van der Waals surface area contributed by atoms with Crippen molar-refractivity contribution in [3.8, 4) is 80.1 Å². The highest BCUT2D eigenvalue weighted by molar-refractivity contribution is 8.08. The van der Waals surface area contributed by atoms with Gasteiger partial charge < -0.3 is 169 Å². The van der Waals surface area contributed by atoms with Crippen molar-refractivity contribution in [3.05, 3.63) is 186 Å². The zero-order valence-electron chi connectivity index (χ0n) is 79.7. The summed E-state index contributed by atoms with van der Waals surface area (Å²) in [4.78, 5) is 136. The third kappa shape index (κ3) is 29.0. The third-order valence-electron chi connectivity index (χ3n) is 23.7. The summed E-state index contributed by atoms with van der Waals surface area (Å²) in [5.74, 6) is -16.1. The molecule has 2 unspecified atom stereocenters. The molecule has 0 radical (unpaired) electrons. The van der Waals surface area contributed by atoms with Gasteiger partial charge in [-0.1, -0.05) is 52.7 Å². The maximum absolute atomic E-state index is 16.3. The molecule has 8 aliphatic rings. The van der Waals surface area contributed by atoms with Gasteiger partial charge in [0.15, 0.2) is 41.4 Å². The van der Waals surface area contributed by atoms with E-state index in [9.17, 15) is 75.3 Å². The summed E-state index contributed by atoms with van der Waals surface area (Å²) in [6.07, 6.45) is -11.5. The Bertz CT molecular complexity index is 6070. The number of imide groups is 1. The SMILES string of the molecule is CC(=O)N[C@H]1[C@H](O[C@@H]2c3ccc(c(Cl)c3)Oc3cc4cc(c3O)Oc3ccc(cc3Cl)C[C@H]3NC(=O)C(n5cc(COCCOCCOCCOCCN6C(=O)C(SCCOCCOCCOCCO)=C(SCCOCCOCCOCCO)C6=O)nn5)c5ccc(O)c(c5)Oc5cc(O)cc(c5)[C@H](NC3=O)C(=O)N[C@H]4C(O)N[C@H]3C(=O)N[C@H]2C(=O)N[C@@H](C(=O)O)c2cc(O)cc(O)c2-c2cc3ccc2O)O[C@H](CO)[C@@H](O)[C@@H]1O. The highest BCUT2D eigenvalue weighted by atomic mass is 35.5. The summed E-state index contributed by atoms with van der Waals surface area (Å²) in [6.45, 7) is 3.70. The van der Waals surface area contributed by atoms with Crippen LogP contribution in [0.3, 0.4) is 0 Å². The number of amides is 8. The molecule has 1 saturated heterocycles. The minimum atomic E-state index is -2.51. The molecule has 20 N–H and O–H groups in total. The van der Waals surface area contributed by atoms with E-state index >= 15 is 24.0 Å². The minimum Gasteiger partial charge on any atom is -0.508 e. The van der Waals surface area contributed by atoms with E-state index in [4.69, 9.17) is 104 Å². The number of phenols is 6. The summed E-state index contributed by atoms with van der Waals surface area (Å²) in [6, 6.07) is 5.08. The molecule has 0 saturated carbocycles. The van der Waals surface area contributed by atoms with Gasteiger partial charge in [-0.3, -0.25) is 48.6 Å². The van der Waals surface area contributed by atoms with Crippen molar-refractivity contribution in [2.45, 2.75) is 105 Å². The molecule has 52 heteroatoms. The van der Waals surface area contributed by atoms with Gasteiger partial charge in [-0.25, -0.2) is 9.48 Å². The summed E-state index contributed by atoms with van der Waals surface area (Å²) in [5, 5.41) is 173. The number of halogens is 2. The van der Waals surface area contributed by atoms with Crippen LogP contribution in [0.5, 0.6) is 69.0 Å². The molecule has 9 heterocycles. The average Bonchev–Trinajstić information content (AvgIpc) is 1.46. The van der Waals surface area contributed by atoms with Crippen LogP contribution in [0, 0.1) is 0 Å². The normalized spacial score (nSPS) is 21.9. The quantitative estimate of drug-likeness (QED) is 0.0193. The van der Waals surface area contributed by atoms with Crippen LogP contribution in [0.2, 0.25) is 10.0 Å². The first-order valence-corrected chi connectivity index (χ1v) is 49.6. The lowest BCUT2D eigenvalue weighted by Crippen LogP contribution is -2.65. The van der Waals surface area contributed by atoms with E-state index in [-0.39, 0.29) is 176 Å². The maximum atomic E-state index is 16.3. The highest BCUT2D eigenvalue weighted by Gasteiger charge is 2.50. The number of nitrogens with zero attached hydrogens (tertiary/aromatic N) is 4. The molecule has 8 aliphatic heterocycles. The van der Waals surface area contributed by atoms with Gasteiger partial charge in [-0.2, -0.15) is 0 Å². The smallest absolute Gasteiger partial charge is 0.330 e. The van der Waals surface area contributed by atoms with Crippen LogP contribution in [-0.4, -0.2) is 352 Å². The third-order valence-corrected chi connectivity index (χ3v) is 26.5. The Morgan fingerprint density at radius 1 is 0.503 bits per heavy atom. The minimum absolute atomic E-state index is 0.0138. The number of carboxylic acid groups (broad SMARTS) is 1. The molecule has 1 fully saturated rings. The predicted molar refractivity (Wildman–Crippen MR) is 521 cm³/mol. The second kappa shape index (κ2) is 53.8. The van der Waals surface area contributed by atoms with Crippen LogP contribution >= 0.6 is 46.7 Å². The van der Waals surface area contributed by atoms with E-state index in [0.29, 0.717) is 64.4 Å². The lowest BCUT2D eigenvalue weighted by atomic mass is 9.89. The van der Waals surface area contributed by atoms with Crippen molar-refractivity contribution in [3.63, 3.8) is 0 Å². The molecule has 0 aliphatic carbocycles. The number of aromatic hydroxyl groups is 6. The van der Waals surface area contributed by atoms with Gasteiger partial charge in [0.2, 0.25) is 41.2 Å². The first kappa shape index (κ1) is 112. The van der Waals surface area contributed by atoms with Crippen LogP contribution in [0.4, 0.5) is 0 Å². The van der Waals surface area contributed by atoms with Gasteiger partial charge in [-0.15, -0.1) is 28.6 Å². The van der Waals surface area contributed by atoms with Gasteiger partial charge in [0.05, 0.1) is 191 Å². The standard InChI is InChI=1S/C97H111Cl2N11O37S2/c1-49(114)100-79-84(122)83(121)73(47-113)146-97(79)147-85-53-5-9-69(63(99)39-53)145-72-42-55-41-71(82(72)120)144-68-8-2-50(34-62(68)98)35-64-88(123)102-76(90(125)104-77(55)91(126)103-75-51-3-6-65(117)60(38-51)74-61(44-58(116)45-67(74)119)78(96(131)132)105-92(127)80(85)106-89(75)124)54-36-57(115)43-59(37-54)143-70-40-52(4-7-66(70)118)81(93(128)101-64)110-46-56(107-108-110)48-142-29-28-139-23-22-136-19-16-133-13-10-109-94(129)86(148-32-30-140-26-24-137-20-17-134-14-11-111)87(95(109)130)149-33-31-141-27-25-138-21-18-135-15-12-112/h2-9,34,36-46,64,73,75-81,83-85,91,97,103,111-113,115-122,126H,10-33,35,47-48H2,1H3,(H,100,114)(H,101,128)(H,102,123)(H,104,125)(H,105,127)(H,106,124)(H,131,132)/t64-,73-,75-,76+,77-,78-,79-,80-,81?,83-,84-,85-,91?,97+/m1/s1. The number of hydrogen-bond donors (Lipinski definition) is 20. The molecule has 1 aromatic heterocycles. The highest BCUT2D eigenvalue weighted by Crippen LogP contribution is 2.50. The van der Waals surface area contributed by atoms with Crippen molar-refractivity contribution < 1.29 is 181 Å². The van der Waals surface area contributed by atoms with Crippen LogP contribution in [0.15, 0.2) is 131 Å². The lowest BCUT2D eigenvalue weighted by molar-refractivity contribution is -0.284. The Balaban J connectivity index is 0.694. The van der Waals surface area contributed by atoms with E-state index in [1.54, 1.807) is 0 Å². The molecular weight excluding hydrogens is 2050 g/mol. The average molecular weight is 2160 g/mol.